The molecule has 1 N–H and O–H groups in total. The van der Waals surface area contributed by atoms with Gasteiger partial charge in [-0.15, -0.1) is 0 Å². The van der Waals surface area contributed by atoms with Gasteiger partial charge in [0, 0.05) is 37.7 Å². The van der Waals surface area contributed by atoms with Gasteiger partial charge in [-0.2, -0.15) is 0 Å². The van der Waals surface area contributed by atoms with Crippen molar-refractivity contribution in [2.24, 2.45) is 0 Å². The van der Waals surface area contributed by atoms with Crippen molar-refractivity contribution >= 4 is 11.8 Å². The van der Waals surface area contributed by atoms with Crippen LogP contribution in [0.4, 0.5) is 0 Å². The lowest BCUT2D eigenvalue weighted by atomic mass is 10.0. The molecule has 2 amide bonds. The van der Waals surface area contributed by atoms with Crippen molar-refractivity contribution < 1.29 is 23.5 Å². The van der Waals surface area contributed by atoms with Crippen molar-refractivity contribution in [3.05, 3.63) is 53.7 Å². The third-order valence-electron chi connectivity index (χ3n) is 4.87. The quantitative estimate of drug-likeness (QED) is 0.877. The smallest absolute Gasteiger partial charge is 0.270 e. The molecular formula is C19H21N3O5. The Morgan fingerprint density at radius 1 is 1.19 bits per heavy atom. The highest BCUT2D eigenvalue weighted by molar-refractivity contribution is 5.98. The molecule has 142 valence electrons. The van der Waals surface area contributed by atoms with Gasteiger partial charge in [0.1, 0.15) is 11.5 Å². The van der Waals surface area contributed by atoms with Crippen LogP contribution in [0.5, 0.6) is 0 Å². The van der Waals surface area contributed by atoms with Crippen molar-refractivity contribution in [2.75, 3.05) is 26.3 Å². The van der Waals surface area contributed by atoms with E-state index in [-0.39, 0.29) is 24.1 Å². The van der Waals surface area contributed by atoms with Gasteiger partial charge in [0.25, 0.3) is 11.8 Å². The first-order valence-corrected chi connectivity index (χ1v) is 8.99. The Hall–Kier alpha value is -2.71. The number of piperidine rings is 1. The first-order chi connectivity index (χ1) is 13.2. The molecule has 27 heavy (non-hydrogen) atoms. The first kappa shape index (κ1) is 17.7. The van der Waals surface area contributed by atoms with Crippen LogP contribution in [0, 0.1) is 0 Å². The van der Waals surface area contributed by atoms with Crippen molar-refractivity contribution in [2.45, 2.75) is 25.2 Å². The van der Waals surface area contributed by atoms with Crippen LogP contribution in [-0.2, 0) is 16.0 Å². The number of nitrogens with zero attached hydrogens (tertiary/aromatic N) is 2. The van der Waals surface area contributed by atoms with E-state index in [9.17, 15) is 9.59 Å². The number of aromatic nitrogens is 1. The minimum absolute atomic E-state index is 0.120. The molecule has 8 heteroatoms. The molecule has 0 bridgehead atoms. The fourth-order valence-corrected chi connectivity index (χ4v) is 3.38. The average Bonchev–Trinajstić information content (AvgIpc) is 3.39. The number of carbonyl (C=O) groups excluding carboxylic acids is 2. The molecule has 4 heterocycles. The third-order valence-corrected chi connectivity index (χ3v) is 4.87. The molecule has 2 aromatic heterocycles. The molecule has 1 spiro atoms. The summed E-state index contributed by atoms with van der Waals surface area (Å²) in [7, 11) is 0. The van der Waals surface area contributed by atoms with Gasteiger partial charge in [-0.1, -0.05) is 0 Å². The Morgan fingerprint density at radius 2 is 1.96 bits per heavy atom. The molecule has 0 aromatic carbocycles. The Morgan fingerprint density at radius 3 is 2.67 bits per heavy atom. The molecule has 2 aliphatic heterocycles. The summed E-state index contributed by atoms with van der Waals surface area (Å²) in [5.74, 6) is -0.350. The van der Waals surface area contributed by atoms with Crippen molar-refractivity contribution in [1.82, 2.24) is 15.2 Å². The fraction of sp³-hybridized carbons (Fsp3) is 0.421. The zero-order valence-electron chi connectivity index (χ0n) is 14.8. The van der Waals surface area contributed by atoms with Crippen LogP contribution in [0.25, 0.3) is 0 Å². The number of furan rings is 1. The predicted molar refractivity (Wildman–Crippen MR) is 93.9 cm³/mol. The number of pyridine rings is 1. The lowest BCUT2D eigenvalue weighted by Gasteiger charge is -2.37. The summed E-state index contributed by atoms with van der Waals surface area (Å²) in [6.07, 6.45) is 4.33. The molecule has 2 aliphatic rings. The molecule has 0 radical (unpaired) electrons. The maximum atomic E-state index is 12.8. The van der Waals surface area contributed by atoms with E-state index in [0.717, 1.165) is 0 Å². The number of likely N-dealkylation sites (tertiary alicyclic amines) is 1. The summed E-state index contributed by atoms with van der Waals surface area (Å²) in [6, 6.07) is 6.67. The topological polar surface area (TPSA) is 93.9 Å². The minimum atomic E-state index is -0.522. The van der Waals surface area contributed by atoms with E-state index >= 15 is 0 Å². The number of nitrogens with one attached hydrogen (secondary N) is 1. The van der Waals surface area contributed by atoms with E-state index in [1.165, 1.54) is 12.3 Å². The van der Waals surface area contributed by atoms with E-state index < -0.39 is 5.79 Å². The van der Waals surface area contributed by atoms with Gasteiger partial charge in [0.15, 0.2) is 5.79 Å². The summed E-state index contributed by atoms with van der Waals surface area (Å²) in [6.45, 7) is 2.59. The monoisotopic (exact) mass is 371 g/mol. The highest BCUT2D eigenvalue weighted by Gasteiger charge is 2.40. The van der Waals surface area contributed by atoms with Crippen LogP contribution in [-0.4, -0.2) is 53.8 Å². The molecule has 0 unspecified atom stereocenters. The zero-order valence-corrected chi connectivity index (χ0v) is 14.8. The lowest BCUT2D eigenvalue weighted by Crippen LogP contribution is -2.47. The zero-order chi connectivity index (χ0) is 18.7. The van der Waals surface area contributed by atoms with E-state index in [1.54, 1.807) is 29.4 Å². The van der Waals surface area contributed by atoms with Crippen LogP contribution >= 0.6 is 0 Å². The molecule has 0 saturated carbocycles. The van der Waals surface area contributed by atoms with E-state index in [4.69, 9.17) is 13.9 Å². The number of carbonyl (C=O) groups is 2. The van der Waals surface area contributed by atoms with E-state index in [0.29, 0.717) is 50.5 Å². The van der Waals surface area contributed by atoms with Gasteiger partial charge in [-0.3, -0.25) is 14.6 Å². The van der Waals surface area contributed by atoms with Crippen molar-refractivity contribution in [3.8, 4) is 0 Å². The van der Waals surface area contributed by atoms with Crippen LogP contribution in [0.2, 0.25) is 0 Å². The summed E-state index contributed by atoms with van der Waals surface area (Å²) in [5, 5.41) is 2.73. The Labute approximate surface area is 156 Å². The van der Waals surface area contributed by atoms with Gasteiger partial charge in [0.05, 0.1) is 26.0 Å². The Balaban J connectivity index is 1.38. The van der Waals surface area contributed by atoms with Gasteiger partial charge < -0.3 is 24.1 Å². The molecule has 0 aliphatic carbocycles. The number of rotatable bonds is 4. The number of ether oxygens (including phenoxy) is 2. The number of amides is 2. The maximum Gasteiger partial charge on any atom is 0.270 e. The highest BCUT2D eigenvalue weighted by Crippen LogP contribution is 2.31. The second kappa shape index (κ2) is 7.50. The summed E-state index contributed by atoms with van der Waals surface area (Å²) >= 11 is 0. The van der Waals surface area contributed by atoms with Gasteiger partial charge in [0.2, 0.25) is 0 Å². The van der Waals surface area contributed by atoms with Crippen molar-refractivity contribution in [1.29, 1.82) is 0 Å². The summed E-state index contributed by atoms with van der Waals surface area (Å²) in [4.78, 5) is 30.9. The standard InChI is InChI=1S/C19H21N3O5/c23-17(21-13-15-2-1-9-25-15)16-12-14(3-6-20-16)18(24)22-7-4-19(5-8-22)26-10-11-27-19/h1-3,6,9,12H,4-5,7-8,10-11,13H2,(H,21,23). The van der Waals surface area contributed by atoms with Crippen LogP contribution < -0.4 is 5.32 Å². The molecule has 4 rings (SSSR count). The molecular weight excluding hydrogens is 350 g/mol. The first-order valence-electron chi connectivity index (χ1n) is 8.99. The van der Waals surface area contributed by atoms with Crippen LogP contribution in [0.15, 0.2) is 41.1 Å². The van der Waals surface area contributed by atoms with Gasteiger partial charge >= 0.3 is 0 Å². The Kier molecular flexibility index (Phi) is 4.91. The lowest BCUT2D eigenvalue weighted by molar-refractivity contribution is -0.181. The molecule has 0 atom stereocenters. The van der Waals surface area contributed by atoms with Crippen LogP contribution in [0.1, 0.15) is 39.4 Å². The number of hydrogen-bond donors (Lipinski definition) is 1. The highest BCUT2D eigenvalue weighted by atomic mass is 16.7. The second-order valence-electron chi connectivity index (χ2n) is 6.59. The summed E-state index contributed by atoms with van der Waals surface area (Å²) < 4.78 is 16.6. The van der Waals surface area contributed by atoms with Gasteiger partial charge in [-0.25, -0.2) is 0 Å². The average molecular weight is 371 g/mol. The number of hydrogen-bond acceptors (Lipinski definition) is 6. The maximum absolute atomic E-state index is 12.8. The molecule has 2 aromatic rings. The summed E-state index contributed by atoms with van der Waals surface area (Å²) in [5.41, 5.74) is 0.640. The Bertz CT molecular complexity index is 805. The minimum Gasteiger partial charge on any atom is -0.467 e. The predicted octanol–water partition coefficient (Wildman–Crippen LogP) is 1.58. The molecule has 8 nitrogen and oxygen atoms in total. The molecule has 2 fully saturated rings. The SMILES string of the molecule is O=C(NCc1ccco1)c1cc(C(=O)N2CCC3(CC2)OCCO3)ccn1. The van der Waals surface area contributed by atoms with Gasteiger partial charge in [-0.05, 0) is 24.3 Å². The van der Waals surface area contributed by atoms with E-state index in [1.807, 2.05) is 0 Å². The van der Waals surface area contributed by atoms with Crippen molar-refractivity contribution in [3.63, 3.8) is 0 Å². The molecule has 2 saturated heterocycles. The van der Waals surface area contributed by atoms with Crippen LogP contribution in [0.3, 0.4) is 0 Å². The third kappa shape index (κ3) is 3.86. The van der Waals surface area contributed by atoms with E-state index in [2.05, 4.69) is 10.3 Å². The fourth-order valence-electron chi connectivity index (χ4n) is 3.38. The second-order valence-corrected chi connectivity index (χ2v) is 6.59. The largest absolute Gasteiger partial charge is 0.467 e. The normalized spacial score (nSPS) is 18.6.